The van der Waals surface area contributed by atoms with Crippen molar-refractivity contribution in [2.45, 2.75) is 13.8 Å². The Labute approximate surface area is 71.2 Å². The van der Waals surface area contributed by atoms with Gasteiger partial charge in [-0.05, 0) is 25.0 Å². The van der Waals surface area contributed by atoms with E-state index in [1.807, 2.05) is 19.9 Å². The van der Waals surface area contributed by atoms with Gasteiger partial charge >= 0.3 is 0 Å². The summed E-state index contributed by atoms with van der Waals surface area (Å²) in [6.07, 6.45) is 1.43. The Hall–Kier alpha value is -1.44. The minimum atomic E-state index is 0.466. The number of rotatable bonds is 2. The number of carbonyl (C=O) groups excluding carboxylic acids is 2. The molecular formula is C10H10O2. The molecule has 0 aliphatic carbocycles. The van der Waals surface area contributed by atoms with Gasteiger partial charge in [0.05, 0.1) is 0 Å². The number of aldehydes is 2. The lowest BCUT2D eigenvalue weighted by Crippen LogP contribution is -1.96. The van der Waals surface area contributed by atoms with Crippen molar-refractivity contribution in [3.63, 3.8) is 0 Å². The second-order valence-corrected chi connectivity index (χ2v) is 2.75. The second kappa shape index (κ2) is 3.30. The SMILES string of the molecule is Cc1ccc(C=O)c(C=O)c1C. The lowest BCUT2D eigenvalue weighted by Gasteiger charge is -2.04. The Morgan fingerprint density at radius 1 is 1.08 bits per heavy atom. The van der Waals surface area contributed by atoms with Crippen LogP contribution >= 0.6 is 0 Å². The molecule has 0 aromatic heterocycles. The zero-order valence-electron chi connectivity index (χ0n) is 7.13. The number of benzene rings is 1. The molecule has 0 unspecified atom stereocenters. The first-order valence-electron chi connectivity index (χ1n) is 3.71. The highest BCUT2D eigenvalue weighted by atomic mass is 16.1. The van der Waals surface area contributed by atoms with Gasteiger partial charge in [0.25, 0.3) is 0 Å². The Balaban J connectivity index is 3.45. The third kappa shape index (κ3) is 1.28. The van der Waals surface area contributed by atoms with Gasteiger partial charge in [0.1, 0.15) is 0 Å². The molecule has 2 heteroatoms. The minimum absolute atomic E-state index is 0.466. The molecule has 0 radical (unpaired) electrons. The van der Waals surface area contributed by atoms with Crippen molar-refractivity contribution in [3.05, 3.63) is 34.4 Å². The maximum absolute atomic E-state index is 10.6. The Morgan fingerprint density at radius 2 is 1.75 bits per heavy atom. The molecule has 0 spiro atoms. The van der Waals surface area contributed by atoms with Crippen molar-refractivity contribution >= 4 is 12.6 Å². The minimum Gasteiger partial charge on any atom is -0.298 e. The Morgan fingerprint density at radius 3 is 2.25 bits per heavy atom. The molecule has 0 bridgehead atoms. The van der Waals surface area contributed by atoms with E-state index in [0.717, 1.165) is 17.4 Å². The number of hydrogen-bond acceptors (Lipinski definition) is 2. The molecule has 0 fully saturated rings. The van der Waals surface area contributed by atoms with Crippen LogP contribution in [-0.4, -0.2) is 12.6 Å². The first-order chi connectivity index (χ1) is 5.70. The Kier molecular flexibility index (Phi) is 2.38. The van der Waals surface area contributed by atoms with Crippen LogP contribution in [0.25, 0.3) is 0 Å². The fourth-order valence-corrected chi connectivity index (χ4v) is 1.12. The molecule has 1 aromatic carbocycles. The molecule has 1 aromatic rings. The molecule has 0 atom stereocenters. The predicted molar refractivity (Wildman–Crippen MR) is 46.7 cm³/mol. The molecule has 12 heavy (non-hydrogen) atoms. The largest absolute Gasteiger partial charge is 0.298 e. The van der Waals surface area contributed by atoms with Crippen molar-refractivity contribution in [2.75, 3.05) is 0 Å². The van der Waals surface area contributed by atoms with Crippen molar-refractivity contribution in [1.82, 2.24) is 0 Å². The zero-order valence-corrected chi connectivity index (χ0v) is 7.13. The van der Waals surface area contributed by atoms with Gasteiger partial charge in [-0.3, -0.25) is 9.59 Å². The van der Waals surface area contributed by atoms with Crippen molar-refractivity contribution in [1.29, 1.82) is 0 Å². The summed E-state index contributed by atoms with van der Waals surface area (Å²) in [4.78, 5) is 21.1. The highest BCUT2D eigenvalue weighted by Crippen LogP contribution is 2.14. The van der Waals surface area contributed by atoms with E-state index in [1.54, 1.807) is 6.07 Å². The molecule has 0 aliphatic rings. The van der Waals surface area contributed by atoms with E-state index < -0.39 is 0 Å². The summed E-state index contributed by atoms with van der Waals surface area (Å²) in [6.45, 7) is 3.75. The van der Waals surface area contributed by atoms with E-state index >= 15 is 0 Å². The molecule has 0 saturated carbocycles. The third-order valence-electron chi connectivity index (χ3n) is 2.06. The molecule has 1 rings (SSSR count). The van der Waals surface area contributed by atoms with Crippen LogP contribution in [0, 0.1) is 13.8 Å². The summed E-state index contributed by atoms with van der Waals surface area (Å²) >= 11 is 0. The molecule has 0 aliphatic heterocycles. The van der Waals surface area contributed by atoms with Gasteiger partial charge in [-0.1, -0.05) is 12.1 Å². The van der Waals surface area contributed by atoms with Crippen LogP contribution in [0.3, 0.4) is 0 Å². The normalized spacial score (nSPS) is 9.50. The summed E-state index contributed by atoms with van der Waals surface area (Å²) in [6, 6.07) is 3.51. The van der Waals surface area contributed by atoms with Gasteiger partial charge < -0.3 is 0 Å². The number of aryl methyl sites for hydroxylation is 1. The van der Waals surface area contributed by atoms with E-state index in [1.165, 1.54) is 0 Å². The standard InChI is InChI=1S/C10H10O2/c1-7-3-4-9(5-11)10(6-12)8(7)2/h3-6H,1-2H3. The topological polar surface area (TPSA) is 34.1 Å². The fraction of sp³-hybridized carbons (Fsp3) is 0.200. The van der Waals surface area contributed by atoms with Gasteiger partial charge in [0, 0.05) is 11.1 Å². The monoisotopic (exact) mass is 162 g/mol. The van der Waals surface area contributed by atoms with Crippen LogP contribution in [0.2, 0.25) is 0 Å². The van der Waals surface area contributed by atoms with Gasteiger partial charge in [-0.25, -0.2) is 0 Å². The van der Waals surface area contributed by atoms with Crippen LogP contribution in [0.15, 0.2) is 12.1 Å². The summed E-state index contributed by atoms with van der Waals surface area (Å²) in [5, 5.41) is 0. The summed E-state index contributed by atoms with van der Waals surface area (Å²) in [5.41, 5.74) is 2.88. The molecule has 0 saturated heterocycles. The average Bonchev–Trinajstić information content (AvgIpc) is 2.09. The van der Waals surface area contributed by atoms with Crippen LogP contribution in [0.4, 0.5) is 0 Å². The van der Waals surface area contributed by atoms with E-state index in [9.17, 15) is 9.59 Å². The molecule has 62 valence electrons. The first kappa shape index (κ1) is 8.65. The maximum atomic E-state index is 10.6. The van der Waals surface area contributed by atoms with Gasteiger partial charge in [-0.15, -0.1) is 0 Å². The van der Waals surface area contributed by atoms with Gasteiger partial charge in [0.15, 0.2) is 12.6 Å². The van der Waals surface area contributed by atoms with E-state index in [4.69, 9.17) is 0 Å². The Bertz CT molecular complexity index is 327. The zero-order chi connectivity index (χ0) is 9.14. The molecule has 0 heterocycles. The smallest absolute Gasteiger partial charge is 0.151 e. The van der Waals surface area contributed by atoms with Gasteiger partial charge in [-0.2, -0.15) is 0 Å². The van der Waals surface area contributed by atoms with Crippen molar-refractivity contribution in [2.24, 2.45) is 0 Å². The molecule has 0 N–H and O–H groups in total. The lowest BCUT2D eigenvalue weighted by molar-refractivity contribution is 0.109. The third-order valence-corrected chi connectivity index (χ3v) is 2.06. The van der Waals surface area contributed by atoms with E-state index in [0.29, 0.717) is 17.4 Å². The molecule has 2 nitrogen and oxygen atoms in total. The predicted octanol–water partition coefficient (Wildman–Crippen LogP) is 1.93. The van der Waals surface area contributed by atoms with E-state index in [-0.39, 0.29) is 0 Å². The molecular weight excluding hydrogens is 152 g/mol. The summed E-state index contributed by atoms with van der Waals surface area (Å²) < 4.78 is 0. The van der Waals surface area contributed by atoms with Crippen LogP contribution in [-0.2, 0) is 0 Å². The lowest BCUT2D eigenvalue weighted by atomic mass is 9.99. The highest BCUT2D eigenvalue weighted by Gasteiger charge is 2.05. The number of carbonyl (C=O) groups is 2. The van der Waals surface area contributed by atoms with Crippen LogP contribution in [0.5, 0.6) is 0 Å². The van der Waals surface area contributed by atoms with Crippen LogP contribution in [0.1, 0.15) is 31.8 Å². The summed E-state index contributed by atoms with van der Waals surface area (Å²) in [5.74, 6) is 0. The van der Waals surface area contributed by atoms with Crippen molar-refractivity contribution < 1.29 is 9.59 Å². The number of hydrogen-bond donors (Lipinski definition) is 0. The van der Waals surface area contributed by atoms with Gasteiger partial charge in [0.2, 0.25) is 0 Å². The first-order valence-corrected chi connectivity index (χ1v) is 3.71. The van der Waals surface area contributed by atoms with Crippen molar-refractivity contribution in [3.8, 4) is 0 Å². The molecule has 0 amide bonds. The summed E-state index contributed by atoms with van der Waals surface area (Å²) in [7, 11) is 0. The van der Waals surface area contributed by atoms with Crippen LogP contribution < -0.4 is 0 Å². The average molecular weight is 162 g/mol. The quantitative estimate of drug-likeness (QED) is 0.622. The highest BCUT2D eigenvalue weighted by molar-refractivity contribution is 5.92. The maximum Gasteiger partial charge on any atom is 0.151 e. The second-order valence-electron chi connectivity index (χ2n) is 2.75. The fourth-order valence-electron chi connectivity index (χ4n) is 1.12. The van der Waals surface area contributed by atoms with E-state index in [2.05, 4.69) is 0 Å².